The van der Waals surface area contributed by atoms with Gasteiger partial charge in [0.15, 0.2) is 11.7 Å². The number of anilines is 1. The van der Waals surface area contributed by atoms with Crippen molar-refractivity contribution < 1.29 is 9.26 Å². The summed E-state index contributed by atoms with van der Waals surface area (Å²) in [4.78, 5) is 7.07. The van der Waals surface area contributed by atoms with Crippen LogP contribution in [0.1, 0.15) is 19.0 Å². The third-order valence-electron chi connectivity index (χ3n) is 5.32. The molecule has 0 bridgehead atoms. The van der Waals surface area contributed by atoms with Gasteiger partial charge >= 0.3 is 0 Å². The van der Waals surface area contributed by atoms with E-state index in [0.717, 1.165) is 60.5 Å². The second-order valence-electron chi connectivity index (χ2n) is 7.49. The number of hydrogen-bond acceptors (Lipinski definition) is 5. The third-order valence-corrected chi connectivity index (χ3v) is 5.32. The molecule has 0 aliphatic carbocycles. The zero-order valence-corrected chi connectivity index (χ0v) is 18.0. The van der Waals surface area contributed by atoms with Gasteiger partial charge in [-0.25, -0.2) is 4.99 Å². The Morgan fingerprint density at radius 1 is 1.19 bits per heavy atom. The number of benzene rings is 2. The molecule has 2 heterocycles. The van der Waals surface area contributed by atoms with E-state index < -0.39 is 0 Å². The van der Waals surface area contributed by atoms with Crippen LogP contribution in [-0.4, -0.2) is 43.9 Å². The second kappa shape index (κ2) is 10.0. The Balaban J connectivity index is 1.38. The van der Waals surface area contributed by atoms with Gasteiger partial charge in [-0.3, -0.25) is 0 Å². The summed E-state index contributed by atoms with van der Waals surface area (Å²) in [6.07, 6.45) is 1.03. The molecule has 3 aromatic rings. The first-order valence-electron chi connectivity index (χ1n) is 10.7. The molecule has 1 fully saturated rings. The van der Waals surface area contributed by atoms with Crippen LogP contribution in [0.2, 0.25) is 0 Å². The van der Waals surface area contributed by atoms with Gasteiger partial charge < -0.3 is 24.8 Å². The van der Waals surface area contributed by atoms with Gasteiger partial charge in [0.05, 0.1) is 19.3 Å². The highest BCUT2D eigenvalue weighted by Crippen LogP contribution is 2.30. The Bertz CT molecular complexity index is 1000. The number of nitrogens with zero attached hydrogens (tertiary/aromatic N) is 3. The Kier molecular flexibility index (Phi) is 6.72. The molecule has 0 spiro atoms. The van der Waals surface area contributed by atoms with Crippen molar-refractivity contribution in [1.29, 1.82) is 0 Å². The fourth-order valence-corrected chi connectivity index (χ4v) is 3.79. The number of aliphatic imine (C=N–C) groups is 1. The highest BCUT2D eigenvalue weighted by molar-refractivity contribution is 5.80. The Hall–Kier alpha value is -3.48. The molecular formula is C24H29N5O2. The molecule has 7 heteroatoms. The molecule has 1 atom stereocenters. The van der Waals surface area contributed by atoms with Gasteiger partial charge in [0, 0.05) is 37.3 Å². The molecule has 1 aliphatic heterocycles. The van der Waals surface area contributed by atoms with Crippen molar-refractivity contribution in [3.63, 3.8) is 0 Å². The lowest BCUT2D eigenvalue weighted by Crippen LogP contribution is -2.44. The lowest BCUT2D eigenvalue weighted by Gasteiger charge is -2.22. The minimum absolute atomic E-state index is 0.305. The van der Waals surface area contributed by atoms with Gasteiger partial charge in [-0.15, -0.1) is 0 Å². The maximum Gasteiger partial charge on any atom is 0.191 e. The molecule has 7 nitrogen and oxygen atoms in total. The summed E-state index contributed by atoms with van der Waals surface area (Å²) in [5.74, 6) is 2.45. The molecule has 2 aromatic carbocycles. The fourth-order valence-electron chi connectivity index (χ4n) is 3.79. The van der Waals surface area contributed by atoms with E-state index in [9.17, 15) is 0 Å². The van der Waals surface area contributed by atoms with E-state index in [1.165, 1.54) is 0 Å². The first-order chi connectivity index (χ1) is 15.3. The number of guanidine groups is 1. The standard InChI is InChI=1S/C24H29N5O2/c1-3-25-24(26-16-20-15-23(31-28-20)18-9-5-4-6-10-18)27-19-13-14-29(17-19)21-11-7-8-12-22(21)30-2/h4-12,15,19H,3,13-14,16-17H2,1-2H3,(H2,25,26,27). The summed E-state index contributed by atoms with van der Waals surface area (Å²) < 4.78 is 11.0. The van der Waals surface area contributed by atoms with E-state index >= 15 is 0 Å². The summed E-state index contributed by atoms with van der Waals surface area (Å²) in [5, 5.41) is 11.1. The van der Waals surface area contributed by atoms with Gasteiger partial charge in [-0.1, -0.05) is 47.6 Å². The lowest BCUT2D eigenvalue weighted by atomic mass is 10.2. The summed E-state index contributed by atoms with van der Waals surface area (Å²) in [7, 11) is 1.72. The molecule has 1 unspecified atom stereocenters. The molecule has 0 saturated carbocycles. The van der Waals surface area contributed by atoms with Gasteiger partial charge in [0.1, 0.15) is 11.4 Å². The fraction of sp³-hybridized carbons (Fsp3) is 0.333. The number of methoxy groups -OCH3 is 1. The summed E-state index contributed by atoms with van der Waals surface area (Å²) in [6, 6.07) is 20.4. The molecule has 0 radical (unpaired) electrons. The minimum Gasteiger partial charge on any atom is -0.495 e. The monoisotopic (exact) mass is 419 g/mol. The van der Waals surface area contributed by atoms with Gasteiger partial charge in [0.2, 0.25) is 0 Å². The Morgan fingerprint density at radius 3 is 2.81 bits per heavy atom. The molecule has 31 heavy (non-hydrogen) atoms. The average Bonchev–Trinajstić information content (AvgIpc) is 3.48. The van der Waals surface area contributed by atoms with Crippen LogP contribution in [0.3, 0.4) is 0 Å². The number of nitrogens with one attached hydrogen (secondary N) is 2. The van der Waals surface area contributed by atoms with Crippen molar-refractivity contribution in [2.45, 2.75) is 25.9 Å². The molecule has 0 amide bonds. The van der Waals surface area contributed by atoms with Crippen LogP contribution in [0, 0.1) is 0 Å². The number of aromatic nitrogens is 1. The second-order valence-corrected chi connectivity index (χ2v) is 7.49. The number of rotatable bonds is 7. The quantitative estimate of drug-likeness (QED) is 0.449. The zero-order chi connectivity index (χ0) is 21.5. The van der Waals surface area contributed by atoms with Crippen LogP contribution in [0.4, 0.5) is 5.69 Å². The van der Waals surface area contributed by atoms with Crippen molar-refractivity contribution in [3.05, 3.63) is 66.4 Å². The van der Waals surface area contributed by atoms with Crippen molar-refractivity contribution >= 4 is 11.6 Å². The van der Waals surface area contributed by atoms with Crippen molar-refractivity contribution in [2.24, 2.45) is 4.99 Å². The highest BCUT2D eigenvalue weighted by atomic mass is 16.5. The van der Waals surface area contributed by atoms with Crippen LogP contribution >= 0.6 is 0 Å². The van der Waals surface area contributed by atoms with Crippen LogP contribution in [-0.2, 0) is 6.54 Å². The maximum absolute atomic E-state index is 5.52. The van der Waals surface area contributed by atoms with E-state index in [0.29, 0.717) is 12.6 Å². The summed E-state index contributed by atoms with van der Waals surface area (Å²) >= 11 is 0. The molecule has 1 aromatic heterocycles. The molecule has 4 rings (SSSR count). The van der Waals surface area contributed by atoms with Gasteiger partial charge in [-0.2, -0.15) is 0 Å². The predicted molar refractivity (Wildman–Crippen MR) is 124 cm³/mol. The van der Waals surface area contributed by atoms with E-state index in [1.807, 2.05) is 54.6 Å². The number of para-hydroxylation sites is 2. The van der Waals surface area contributed by atoms with Gasteiger partial charge in [-0.05, 0) is 25.5 Å². The van der Waals surface area contributed by atoms with E-state index in [-0.39, 0.29) is 0 Å². The molecule has 162 valence electrons. The molecular weight excluding hydrogens is 390 g/mol. The van der Waals surface area contributed by atoms with Gasteiger partial charge in [0.25, 0.3) is 0 Å². The topological polar surface area (TPSA) is 74.9 Å². The first-order valence-corrected chi connectivity index (χ1v) is 10.7. The van der Waals surface area contributed by atoms with E-state index in [2.05, 4.69) is 33.7 Å². The van der Waals surface area contributed by atoms with E-state index in [4.69, 9.17) is 14.3 Å². The average molecular weight is 420 g/mol. The van der Waals surface area contributed by atoms with Crippen molar-refractivity contribution in [2.75, 3.05) is 31.6 Å². The Labute approximate surface area is 183 Å². The third kappa shape index (κ3) is 5.17. The lowest BCUT2D eigenvalue weighted by molar-refractivity contribution is 0.415. The predicted octanol–water partition coefficient (Wildman–Crippen LogP) is 3.68. The highest BCUT2D eigenvalue weighted by Gasteiger charge is 2.25. The summed E-state index contributed by atoms with van der Waals surface area (Å²) in [5.41, 5.74) is 2.95. The number of hydrogen-bond donors (Lipinski definition) is 2. The van der Waals surface area contributed by atoms with Crippen molar-refractivity contribution in [3.8, 4) is 17.1 Å². The normalized spacial score (nSPS) is 16.4. The smallest absolute Gasteiger partial charge is 0.191 e. The molecule has 1 saturated heterocycles. The van der Waals surface area contributed by atoms with Crippen molar-refractivity contribution in [1.82, 2.24) is 15.8 Å². The van der Waals surface area contributed by atoms with E-state index in [1.54, 1.807) is 7.11 Å². The zero-order valence-electron chi connectivity index (χ0n) is 18.0. The summed E-state index contributed by atoms with van der Waals surface area (Å²) in [6.45, 7) is 5.18. The molecule has 1 aliphatic rings. The Morgan fingerprint density at radius 2 is 2.00 bits per heavy atom. The largest absolute Gasteiger partial charge is 0.495 e. The number of ether oxygens (including phenoxy) is 1. The van der Waals surface area contributed by atoms with Crippen LogP contribution in [0.25, 0.3) is 11.3 Å². The SMILES string of the molecule is CCNC(=NCc1cc(-c2ccccc2)on1)NC1CCN(c2ccccc2OC)C1. The van der Waals surface area contributed by atoms with Crippen LogP contribution < -0.4 is 20.3 Å². The maximum atomic E-state index is 5.52. The van der Waals surface area contributed by atoms with Crippen LogP contribution in [0.5, 0.6) is 5.75 Å². The minimum atomic E-state index is 0.305. The van der Waals surface area contributed by atoms with Crippen LogP contribution in [0.15, 0.2) is 70.2 Å². The first kappa shape index (κ1) is 20.8. The molecule has 2 N–H and O–H groups in total.